The van der Waals surface area contributed by atoms with Gasteiger partial charge in [-0.1, -0.05) is 40.3 Å². The maximum atomic E-state index is 4.13. The molecule has 0 saturated heterocycles. The number of nitrogens with zero attached hydrogens (tertiary/aromatic N) is 1. The van der Waals surface area contributed by atoms with Crippen LogP contribution in [0.4, 0.5) is 0 Å². The monoisotopic (exact) mass is 208 g/mol. The zero-order valence-electron chi connectivity index (χ0n) is 10.9. The van der Waals surface area contributed by atoms with E-state index in [-0.39, 0.29) is 0 Å². The summed E-state index contributed by atoms with van der Waals surface area (Å²) in [5, 5.41) is 0. The van der Waals surface area contributed by atoms with Gasteiger partial charge in [0.2, 0.25) is 0 Å². The van der Waals surface area contributed by atoms with Crippen LogP contribution in [-0.2, 0) is 0 Å². The highest BCUT2D eigenvalue weighted by atomic mass is 14.9. The van der Waals surface area contributed by atoms with Crippen molar-refractivity contribution in [1.82, 2.24) is 9.97 Å². The number of aromatic amines is 1. The van der Waals surface area contributed by atoms with Gasteiger partial charge in [-0.3, -0.25) is 0 Å². The third-order valence-corrected chi connectivity index (χ3v) is 1.41. The molecule has 0 aliphatic rings. The van der Waals surface area contributed by atoms with Crippen molar-refractivity contribution in [2.24, 2.45) is 0 Å². The molecule has 2 heteroatoms. The van der Waals surface area contributed by atoms with E-state index in [0.29, 0.717) is 0 Å². The van der Waals surface area contributed by atoms with E-state index in [1.165, 1.54) is 0 Å². The lowest BCUT2D eigenvalue weighted by molar-refractivity contribution is 1.29. The Hall–Kier alpha value is -1.31. The van der Waals surface area contributed by atoms with Crippen molar-refractivity contribution < 1.29 is 0 Å². The number of nitrogens with one attached hydrogen (secondary N) is 1. The molecule has 1 aromatic rings. The van der Waals surface area contributed by atoms with Gasteiger partial charge in [-0.15, -0.1) is 0 Å². The summed E-state index contributed by atoms with van der Waals surface area (Å²) < 4.78 is 0. The van der Waals surface area contributed by atoms with Crippen LogP contribution in [0.5, 0.6) is 0 Å². The Labute approximate surface area is 94.1 Å². The molecule has 1 N–H and O–H groups in total. The molecule has 86 valence electrons. The lowest BCUT2D eigenvalue weighted by Crippen LogP contribution is -1.81. The van der Waals surface area contributed by atoms with Gasteiger partial charge in [0.15, 0.2) is 0 Å². The number of hydrogen-bond donors (Lipinski definition) is 1. The van der Waals surface area contributed by atoms with Crippen LogP contribution < -0.4 is 0 Å². The largest absolute Gasteiger partial charge is 0.345 e. The highest BCUT2D eigenvalue weighted by Crippen LogP contribution is 2.13. The Bertz CT molecular complexity index is 282. The van der Waals surface area contributed by atoms with Crippen LogP contribution in [0, 0.1) is 0 Å². The van der Waals surface area contributed by atoms with Crippen molar-refractivity contribution in [1.29, 1.82) is 0 Å². The van der Waals surface area contributed by atoms with E-state index in [4.69, 9.17) is 0 Å². The fourth-order valence-corrected chi connectivity index (χ4v) is 0.938. The van der Waals surface area contributed by atoms with E-state index in [9.17, 15) is 0 Å². The number of rotatable bonds is 2. The first kappa shape index (κ1) is 16.1. The third kappa shape index (κ3) is 5.89. The molecular weight excluding hydrogens is 184 g/mol. The number of hydrogen-bond acceptors (Lipinski definition) is 1. The Morgan fingerprint density at radius 3 is 2.27 bits per heavy atom. The summed E-state index contributed by atoms with van der Waals surface area (Å²) >= 11 is 0. The second-order valence-electron chi connectivity index (χ2n) is 2.45. The molecule has 0 aliphatic heterocycles. The van der Waals surface area contributed by atoms with E-state index in [1.807, 2.05) is 53.7 Å². The fourth-order valence-electron chi connectivity index (χ4n) is 0.938. The van der Waals surface area contributed by atoms with Crippen LogP contribution in [0.25, 0.3) is 11.6 Å². The molecule has 0 radical (unpaired) electrons. The minimum absolute atomic E-state index is 0.947. The Kier molecular flexibility index (Phi) is 11.6. The summed E-state index contributed by atoms with van der Waals surface area (Å²) in [6.45, 7) is 15.7. The summed E-state index contributed by atoms with van der Waals surface area (Å²) in [5.41, 5.74) is 2.96. The van der Waals surface area contributed by atoms with Crippen molar-refractivity contribution in [3.63, 3.8) is 0 Å². The van der Waals surface area contributed by atoms with E-state index in [2.05, 4.69) is 16.5 Å². The van der Waals surface area contributed by atoms with Crippen LogP contribution in [-0.4, -0.2) is 9.97 Å². The van der Waals surface area contributed by atoms with Gasteiger partial charge in [-0.25, -0.2) is 4.98 Å². The van der Waals surface area contributed by atoms with Crippen molar-refractivity contribution in [2.75, 3.05) is 0 Å². The first-order valence-electron chi connectivity index (χ1n) is 5.57. The van der Waals surface area contributed by atoms with Crippen molar-refractivity contribution in [2.45, 2.75) is 41.5 Å². The molecule has 1 aromatic heterocycles. The van der Waals surface area contributed by atoms with Gasteiger partial charge in [0.05, 0.1) is 17.7 Å². The van der Waals surface area contributed by atoms with Gasteiger partial charge < -0.3 is 4.98 Å². The predicted octanol–water partition coefficient (Wildman–Crippen LogP) is 4.53. The normalized spacial score (nSPS) is 8.67. The fraction of sp³-hybridized carbons (Fsp3) is 0.462. The molecule has 1 heterocycles. The van der Waals surface area contributed by atoms with Crippen LogP contribution in [0.15, 0.2) is 19.0 Å². The molecule has 15 heavy (non-hydrogen) atoms. The molecular formula is C13H24N2. The second kappa shape index (κ2) is 10.8. The number of allylic oxidation sites excluding steroid dienone is 2. The van der Waals surface area contributed by atoms with Crippen LogP contribution in [0.2, 0.25) is 0 Å². The van der Waals surface area contributed by atoms with Gasteiger partial charge in [-0.05, 0) is 25.5 Å². The molecule has 0 saturated carbocycles. The molecule has 2 nitrogen and oxygen atoms in total. The summed E-state index contributed by atoms with van der Waals surface area (Å²) in [6.07, 6.45) is 5.64. The lowest BCUT2D eigenvalue weighted by Gasteiger charge is -1.93. The average Bonchev–Trinajstić information content (AvgIpc) is 2.73. The van der Waals surface area contributed by atoms with Crippen molar-refractivity contribution in [3.8, 4) is 0 Å². The standard InChI is InChI=1S/C9H12N2.2C2H6/c1-4-5-8-9(7(2)3)11-6-10-8;2*1-2/h4-6H,2H2,1,3H3,(H,10,11);2*1-2H3/b5-4-;;. The van der Waals surface area contributed by atoms with Gasteiger partial charge in [0.25, 0.3) is 0 Å². The van der Waals surface area contributed by atoms with Crippen molar-refractivity contribution in [3.05, 3.63) is 30.4 Å². The SMILES string of the molecule is C=C(C)c1nc[nH]c1/C=C\C.CC.CC. The predicted molar refractivity (Wildman–Crippen MR) is 70.7 cm³/mol. The topological polar surface area (TPSA) is 28.7 Å². The maximum absolute atomic E-state index is 4.13. The van der Waals surface area contributed by atoms with Crippen LogP contribution in [0.1, 0.15) is 52.9 Å². The molecule has 1 rings (SSSR count). The quantitative estimate of drug-likeness (QED) is 0.760. The summed E-state index contributed by atoms with van der Waals surface area (Å²) in [6, 6.07) is 0. The average molecular weight is 208 g/mol. The first-order valence-corrected chi connectivity index (χ1v) is 5.57. The molecule has 0 bridgehead atoms. The van der Waals surface area contributed by atoms with Gasteiger partial charge in [0, 0.05) is 0 Å². The molecule has 0 spiro atoms. The summed E-state index contributed by atoms with van der Waals surface area (Å²) in [5.74, 6) is 0. The maximum Gasteiger partial charge on any atom is 0.0931 e. The summed E-state index contributed by atoms with van der Waals surface area (Å²) in [4.78, 5) is 7.16. The highest BCUT2D eigenvalue weighted by molar-refractivity contribution is 5.66. The van der Waals surface area contributed by atoms with E-state index >= 15 is 0 Å². The lowest BCUT2D eigenvalue weighted by atomic mass is 10.2. The van der Waals surface area contributed by atoms with Gasteiger partial charge >= 0.3 is 0 Å². The van der Waals surface area contributed by atoms with Crippen molar-refractivity contribution >= 4 is 11.6 Å². The number of imidazole rings is 1. The minimum Gasteiger partial charge on any atom is -0.345 e. The zero-order valence-corrected chi connectivity index (χ0v) is 10.9. The number of H-pyrrole nitrogens is 1. The third-order valence-electron chi connectivity index (χ3n) is 1.41. The Balaban J connectivity index is 0. The second-order valence-corrected chi connectivity index (χ2v) is 2.45. The molecule has 0 aromatic carbocycles. The van der Waals surface area contributed by atoms with Gasteiger partial charge in [0.1, 0.15) is 0 Å². The molecule has 0 atom stereocenters. The van der Waals surface area contributed by atoms with Crippen LogP contribution in [0.3, 0.4) is 0 Å². The highest BCUT2D eigenvalue weighted by Gasteiger charge is 2.00. The molecule has 0 unspecified atom stereocenters. The number of aromatic nitrogens is 2. The Morgan fingerprint density at radius 2 is 1.87 bits per heavy atom. The minimum atomic E-state index is 0.947. The first-order chi connectivity index (χ1) is 7.25. The van der Waals surface area contributed by atoms with Gasteiger partial charge in [-0.2, -0.15) is 0 Å². The molecule has 0 fully saturated rings. The van der Waals surface area contributed by atoms with E-state index < -0.39 is 0 Å². The smallest absolute Gasteiger partial charge is 0.0931 e. The van der Waals surface area contributed by atoms with E-state index in [1.54, 1.807) is 6.33 Å². The van der Waals surface area contributed by atoms with Crippen LogP contribution >= 0.6 is 0 Å². The van der Waals surface area contributed by atoms with E-state index in [0.717, 1.165) is 17.0 Å². The summed E-state index contributed by atoms with van der Waals surface area (Å²) in [7, 11) is 0. The molecule has 0 aliphatic carbocycles. The zero-order chi connectivity index (χ0) is 12.3. The molecule has 0 amide bonds. The Morgan fingerprint density at radius 1 is 1.33 bits per heavy atom.